The molecular weight excluding hydrogens is 609 g/mol. The van der Waals surface area contributed by atoms with Gasteiger partial charge in [-0.05, 0) is 53.7 Å². The number of ether oxygens (including phenoxy) is 2. The zero-order valence-electron chi connectivity index (χ0n) is 21.7. The Morgan fingerprint density at radius 1 is 1.30 bits per heavy atom. The molecule has 1 amide bonds. The van der Waals surface area contributed by atoms with Crippen LogP contribution in [0.25, 0.3) is 21.2 Å². The number of thiophene rings is 1. The van der Waals surface area contributed by atoms with Crippen LogP contribution in [0.5, 0.6) is 5.75 Å². The van der Waals surface area contributed by atoms with Crippen molar-refractivity contribution in [1.82, 2.24) is 10.6 Å². The molecule has 2 heterocycles. The summed E-state index contributed by atoms with van der Waals surface area (Å²) in [6, 6.07) is 15.6. The molecular formula is C27H31CsN4O4S. The minimum atomic E-state index is -0.630. The quantitative estimate of drug-likeness (QED) is 0.274. The molecule has 3 aromatic rings. The molecule has 0 radical (unpaired) electrons. The van der Waals surface area contributed by atoms with Gasteiger partial charge in [0.05, 0.1) is 11.8 Å². The number of benzene rings is 2. The molecule has 37 heavy (non-hydrogen) atoms. The van der Waals surface area contributed by atoms with Crippen LogP contribution in [0.1, 0.15) is 11.3 Å². The molecule has 0 aliphatic carbocycles. The molecule has 2 aromatic carbocycles. The van der Waals surface area contributed by atoms with Gasteiger partial charge in [0.25, 0.3) is 12.4 Å². The molecule has 4 rings (SSSR count). The summed E-state index contributed by atoms with van der Waals surface area (Å²) >= 11 is 1.61. The van der Waals surface area contributed by atoms with Gasteiger partial charge in [-0.3, -0.25) is 9.59 Å². The summed E-state index contributed by atoms with van der Waals surface area (Å²) in [7, 11) is 3.79. The first-order chi connectivity index (χ1) is 17.0. The van der Waals surface area contributed by atoms with Gasteiger partial charge in [0.1, 0.15) is 12.1 Å². The third kappa shape index (κ3) is 8.29. The number of nitrogens with one attached hydrogen (secondary N) is 2. The number of carbonyl (C=O) groups is 2. The number of amides is 1. The van der Waals surface area contributed by atoms with Gasteiger partial charge in [-0.1, -0.05) is 18.2 Å². The van der Waals surface area contributed by atoms with Crippen molar-refractivity contribution >= 4 is 39.5 Å². The Labute approximate surface area is 281 Å². The average Bonchev–Trinajstić information content (AvgIpc) is 3.05. The number of rotatable bonds is 8. The first-order valence-electron chi connectivity index (χ1n) is 11.5. The van der Waals surface area contributed by atoms with Gasteiger partial charge in [0.2, 0.25) is 0 Å². The van der Waals surface area contributed by atoms with E-state index in [4.69, 9.17) is 9.47 Å². The summed E-state index contributed by atoms with van der Waals surface area (Å²) in [5, 5.41) is 16.7. The number of hydrogen-bond acceptors (Lipinski definition) is 8. The van der Waals surface area contributed by atoms with E-state index in [-0.39, 0.29) is 82.2 Å². The topological polar surface area (TPSA) is 104 Å². The largest absolute Gasteiger partial charge is 1.00 e. The molecule has 2 atom stereocenters. The van der Waals surface area contributed by atoms with E-state index >= 15 is 0 Å². The van der Waals surface area contributed by atoms with Crippen molar-refractivity contribution in [1.29, 1.82) is 5.26 Å². The van der Waals surface area contributed by atoms with Crippen LogP contribution in [0.2, 0.25) is 0 Å². The molecule has 2 N–H and O–H groups in total. The Kier molecular flexibility index (Phi) is 13.1. The van der Waals surface area contributed by atoms with Gasteiger partial charge in [-0.25, -0.2) is 0 Å². The molecule has 0 bridgehead atoms. The molecule has 8 nitrogen and oxygen atoms in total. The fourth-order valence-electron chi connectivity index (χ4n) is 4.04. The zero-order valence-corrected chi connectivity index (χ0v) is 28.8. The van der Waals surface area contributed by atoms with E-state index in [1.165, 1.54) is 0 Å². The monoisotopic (exact) mass is 640 g/mol. The minimum Gasteiger partial charge on any atom is -0.427 e. The van der Waals surface area contributed by atoms with Crippen LogP contribution in [0, 0.1) is 18.8 Å². The van der Waals surface area contributed by atoms with Crippen LogP contribution in [-0.2, 0) is 20.7 Å². The number of anilines is 1. The van der Waals surface area contributed by atoms with E-state index in [1.54, 1.807) is 17.4 Å². The molecule has 1 aliphatic rings. The summed E-state index contributed by atoms with van der Waals surface area (Å²) < 4.78 is 11.8. The molecule has 1 fully saturated rings. The summed E-state index contributed by atoms with van der Waals surface area (Å²) in [6.07, 6.45) is 0.718. The maximum atomic E-state index is 12.6. The first kappa shape index (κ1) is 31.8. The normalized spacial score (nSPS) is 15.8. The van der Waals surface area contributed by atoms with Gasteiger partial charge in [-0.15, -0.1) is 11.3 Å². The van der Waals surface area contributed by atoms with E-state index in [1.807, 2.05) is 37.2 Å². The van der Waals surface area contributed by atoms with Gasteiger partial charge < -0.3 is 32.4 Å². The van der Waals surface area contributed by atoms with Crippen LogP contribution in [-0.4, -0.2) is 58.3 Å². The Balaban J connectivity index is 0.00000241. The van der Waals surface area contributed by atoms with Gasteiger partial charge in [0, 0.05) is 43.2 Å². The SMILES string of the molecule is CN(C)c1cc(-c2ccc3cc(CC(C#N)NC(=O)[C@@H]4CNCCCO4)sc3c2)ccc1OC=O.[CH3-].[Cs+]. The van der Waals surface area contributed by atoms with E-state index in [0.29, 0.717) is 31.8 Å². The van der Waals surface area contributed by atoms with Crippen LogP contribution in [0.3, 0.4) is 0 Å². The number of hydrogen-bond donors (Lipinski definition) is 2. The molecule has 10 heteroatoms. The third-order valence-corrected chi connectivity index (χ3v) is 6.96. The van der Waals surface area contributed by atoms with Gasteiger partial charge in [-0.2, -0.15) is 5.26 Å². The van der Waals surface area contributed by atoms with Crippen LogP contribution >= 0.6 is 11.3 Å². The van der Waals surface area contributed by atoms with Gasteiger partial charge in [0.15, 0.2) is 5.75 Å². The first-order valence-corrected chi connectivity index (χ1v) is 12.3. The Morgan fingerprint density at radius 3 is 2.78 bits per heavy atom. The van der Waals surface area contributed by atoms with Crippen molar-refractivity contribution < 1.29 is 88.0 Å². The molecule has 0 saturated carbocycles. The summed E-state index contributed by atoms with van der Waals surface area (Å²) in [6.45, 7) is 2.23. The number of nitriles is 1. The van der Waals surface area contributed by atoms with Crippen molar-refractivity contribution in [2.24, 2.45) is 0 Å². The van der Waals surface area contributed by atoms with Crippen molar-refractivity contribution in [3.63, 3.8) is 0 Å². The van der Waals surface area contributed by atoms with E-state index in [2.05, 4.69) is 34.9 Å². The second-order valence-electron chi connectivity index (χ2n) is 8.57. The van der Waals surface area contributed by atoms with Crippen LogP contribution < -0.4 is 89.2 Å². The van der Waals surface area contributed by atoms with Crippen molar-refractivity contribution in [3.05, 3.63) is 54.8 Å². The average molecular weight is 641 g/mol. The fourth-order valence-corrected chi connectivity index (χ4v) is 5.19. The summed E-state index contributed by atoms with van der Waals surface area (Å²) in [4.78, 5) is 26.3. The zero-order chi connectivity index (χ0) is 24.8. The maximum absolute atomic E-state index is 12.6. The molecule has 0 spiro atoms. The standard InChI is InChI=1S/C26H28N4O4S.CH3.Cs/c1-30(2)22-11-17(6-7-23(22)34-16-31)18-4-5-19-10-21(35-25(19)12-18)13-20(14-27)29-26(32)24-15-28-8-3-9-33-24;;/h4-7,10-12,16,20,24,28H,3,8-9,13,15H2,1-2H3,(H,29,32);1H3;/q;-1;+1/t20?,24-;;/m0../s1. The van der Waals surface area contributed by atoms with Crippen LogP contribution in [0.15, 0.2) is 42.5 Å². The minimum absolute atomic E-state index is 0. The number of carbonyl (C=O) groups excluding carboxylic acids is 2. The van der Waals surface area contributed by atoms with E-state index in [0.717, 1.165) is 44.7 Å². The second-order valence-corrected chi connectivity index (χ2v) is 9.74. The molecule has 1 unspecified atom stereocenters. The smallest absolute Gasteiger partial charge is 0.427 e. The molecule has 1 aromatic heterocycles. The fraction of sp³-hybridized carbons (Fsp3) is 0.333. The van der Waals surface area contributed by atoms with Gasteiger partial charge >= 0.3 is 68.9 Å². The summed E-state index contributed by atoms with van der Waals surface area (Å²) in [5.41, 5.74) is 2.85. The van der Waals surface area contributed by atoms with Crippen molar-refractivity contribution in [2.75, 3.05) is 38.7 Å². The van der Waals surface area contributed by atoms with E-state index in [9.17, 15) is 14.9 Å². The Bertz CT molecular complexity index is 1250. The Hall–Kier alpha value is -1.40. The van der Waals surface area contributed by atoms with Crippen molar-refractivity contribution in [2.45, 2.75) is 25.0 Å². The van der Waals surface area contributed by atoms with E-state index < -0.39 is 12.1 Å². The third-order valence-electron chi connectivity index (χ3n) is 5.84. The maximum Gasteiger partial charge on any atom is 1.00 e. The summed E-state index contributed by atoms with van der Waals surface area (Å²) in [5.74, 6) is 0.246. The number of nitrogens with zero attached hydrogens (tertiary/aromatic N) is 2. The molecule has 190 valence electrons. The second kappa shape index (κ2) is 15.3. The van der Waals surface area contributed by atoms with Crippen LogP contribution in [0.4, 0.5) is 5.69 Å². The number of fused-ring (bicyclic) bond motifs is 1. The molecule has 1 aliphatic heterocycles. The van der Waals surface area contributed by atoms with Crippen molar-refractivity contribution in [3.8, 4) is 22.9 Å². The molecule has 1 saturated heterocycles. The predicted molar refractivity (Wildman–Crippen MR) is 143 cm³/mol. The Morgan fingerprint density at radius 2 is 2.05 bits per heavy atom. The predicted octanol–water partition coefficient (Wildman–Crippen LogP) is 0.553.